The zero-order valence-electron chi connectivity index (χ0n) is 17.6. The van der Waals surface area contributed by atoms with Gasteiger partial charge in [0.15, 0.2) is 17.1 Å². The molecule has 0 atom stereocenters. The maximum atomic E-state index is 13.1. The fraction of sp³-hybridized carbons (Fsp3) is 0.364. The van der Waals surface area contributed by atoms with Gasteiger partial charge in [-0.05, 0) is 63.5 Å². The first kappa shape index (κ1) is 23.6. The second-order valence-electron chi connectivity index (χ2n) is 7.95. The number of likely N-dealkylation sites (tertiary alicyclic amines) is 1. The second-order valence-corrected chi connectivity index (χ2v) is 7.95. The van der Waals surface area contributed by atoms with Crippen LogP contribution in [0.5, 0.6) is 0 Å². The lowest BCUT2D eigenvalue weighted by Crippen LogP contribution is -2.38. The molecule has 1 saturated heterocycles. The highest BCUT2D eigenvalue weighted by Gasteiger charge is 2.26. The van der Waals surface area contributed by atoms with Crippen LogP contribution in [0.25, 0.3) is 5.65 Å². The quantitative estimate of drug-likeness (QED) is 0.546. The van der Waals surface area contributed by atoms with E-state index < -0.39 is 5.91 Å². The van der Waals surface area contributed by atoms with Crippen LogP contribution >= 0.6 is 12.4 Å². The number of Topliss-reactive ketones (excluding diaryl/α,β-unsaturated/α-hetero) is 1. The number of amides is 1. The highest BCUT2D eigenvalue weighted by Crippen LogP contribution is 2.22. The molecule has 0 radical (unpaired) electrons. The fourth-order valence-corrected chi connectivity index (χ4v) is 4.19. The van der Waals surface area contributed by atoms with Gasteiger partial charge < -0.3 is 15.6 Å². The molecular weight excluding hydrogens is 437 g/mol. The van der Waals surface area contributed by atoms with Crippen molar-refractivity contribution in [2.75, 3.05) is 19.6 Å². The molecule has 170 valence electrons. The van der Waals surface area contributed by atoms with Crippen LogP contribution in [0.3, 0.4) is 0 Å². The largest absolute Gasteiger partial charge is 0.364 e. The Kier molecular flexibility index (Phi) is 7.10. The first-order chi connectivity index (χ1) is 14.8. The van der Waals surface area contributed by atoms with Gasteiger partial charge in [-0.15, -0.1) is 12.4 Å². The number of rotatable bonds is 6. The maximum Gasteiger partial charge on any atom is 0.271 e. The lowest BCUT2D eigenvalue weighted by molar-refractivity contribution is 0.0840. The molecule has 1 aromatic carbocycles. The van der Waals surface area contributed by atoms with Gasteiger partial charge in [-0.1, -0.05) is 0 Å². The molecule has 8 nitrogen and oxygen atoms in total. The van der Waals surface area contributed by atoms with Gasteiger partial charge in [-0.25, -0.2) is 9.37 Å². The number of nitrogens with one attached hydrogen (secondary N) is 1. The fourth-order valence-electron chi connectivity index (χ4n) is 4.19. The van der Waals surface area contributed by atoms with Crippen molar-refractivity contribution < 1.29 is 14.0 Å². The number of halogens is 2. The van der Waals surface area contributed by atoms with E-state index in [4.69, 9.17) is 5.73 Å². The van der Waals surface area contributed by atoms with Crippen LogP contribution in [0.2, 0.25) is 0 Å². The third kappa shape index (κ3) is 4.58. The Morgan fingerprint density at radius 3 is 2.50 bits per heavy atom. The van der Waals surface area contributed by atoms with E-state index in [9.17, 15) is 18.8 Å². The molecule has 0 unspecified atom stereocenters. The summed E-state index contributed by atoms with van der Waals surface area (Å²) >= 11 is 0. The molecular formula is C22H25ClFN5O3. The topological polar surface area (TPSA) is 114 Å². The van der Waals surface area contributed by atoms with E-state index >= 15 is 0 Å². The number of imidazole rings is 1. The number of carbonyl (C=O) groups excluding carboxylic acids is 2. The Labute approximate surface area is 190 Å². The summed E-state index contributed by atoms with van der Waals surface area (Å²) < 4.78 is 14.4. The van der Waals surface area contributed by atoms with Gasteiger partial charge in [0.05, 0.1) is 0 Å². The summed E-state index contributed by atoms with van der Waals surface area (Å²) in [7, 11) is 0. The minimum atomic E-state index is -0.691. The van der Waals surface area contributed by atoms with Crippen LogP contribution < -0.4 is 11.3 Å². The number of hydrogen-bond donors (Lipinski definition) is 2. The van der Waals surface area contributed by atoms with Crippen LogP contribution in [-0.4, -0.2) is 50.6 Å². The summed E-state index contributed by atoms with van der Waals surface area (Å²) in [6.45, 7) is 3.99. The number of H-pyrrole nitrogens is 1. The number of aromatic nitrogens is 3. The molecule has 0 saturated carbocycles. The van der Waals surface area contributed by atoms with Gasteiger partial charge in [0.25, 0.3) is 11.5 Å². The summed E-state index contributed by atoms with van der Waals surface area (Å²) in [6.07, 6.45) is 3.31. The van der Waals surface area contributed by atoms with Crippen LogP contribution in [-0.2, 0) is 6.42 Å². The predicted molar refractivity (Wildman–Crippen MR) is 120 cm³/mol. The van der Waals surface area contributed by atoms with Gasteiger partial charge >= 0.3 is 0 Å². The van der Waals surface area contributed by atoms with Crippen LogP contribution in [0, 0.1) is 18.7 Å². The molecule has 1 fully saturated rings. The Bertz CT molecular complexity index is 1200. The van der Waals surface area contributed by atoms with Gasteiger partial charge in [0.1, 0.15) is 12.1 Å². The standard InChI is InChI=1S/C22H24FN5O3.ClH/c1-13-17(22(31)28-12-25-18(20(24)30)21(28)26-13)8-11-27-9-6-15(7-10-27)19(29)14-2-4-16(23)5-3-14;/h2-5,12,15,26H,6-11H2,1H3,(H2,24,30);1H. The predicted octanol–water partition coefficient (Wildman–Crippen LogP) is 2.13. The zero-order chi connectivity index (χ0) is 22.1. The van der Waals surface area contributed by atoms with Gasteiger partial charge in [-0.3, -0.25) is 18.8 Å². The monoisotopic (exact) mass is 461 g/mol. The number of piperidine rings is 1. The molecule has 0 aliphatic carbocycles. The van der Waals surface area contributed by atoms with Crippen molar-refractivity contribution in [2.45, 2.75) is 26.2 Å². The molecule has 3 heterocycles. The van der Waals surface area contributed by atoms with E-state index in [2.05, 4.69) is 14.9 Å². The number of hydrogen-bond acceptors (Lipinski definition) is 5. The number of carbonyl (C=O) groups is 2. The summed E-state index contributed by atoms with van der Waals surface area (Å²) in [5.74, 6) is -1.05. The SMILES string of the molecule is Cc1[nH]c2c(C(N)=O)ncn2c(=O)c1CCN1CCC(C(=O)c2ccc(F)cc2)CC1.Cl. The second kappa shape index (κ2) is 9.62. The number of nitrogens with zero attached hydrogens (tertiary/aromatic N) is 3. The van der Waals surface area contributed by atoms with Crippen LogP contribution in [0.1, 0.15) is 44.9 Å². The van der Waals surface area contributed by atoms with Gasteiger partial charge in [-0.2, -0.15) is 0 Å². The third-order valence-electron chi connectivity index (χ3n) is 6.00. The summed E-state index contributed by atoms with van der Waals surface area (Å²) in [6, 6.07) is 5.70. The van der Waals surface area contributed by atoms with Crippen molar-refractivity contribution in [3.63, 3.8) is 0 Å². The summed E-state index contributed by atoms with van der Waals surface area (Å²) in [4.78, 5) is 46.2. The number of ketones is 1. The van der Waals surface area contributed by atoms with E-state index in [-0.39, 0.29) is 41.2 Å². The van der Waals surface area contributed by atoms with Crippen LogP contribution in [0.4, 0.5) is 4.39 Å². The van der Waals surface area contributed by atoms with Crippen molar-refractivity contribution in [1.82, 2.24) is 19.3 Å². The van der Waals surface area contributed by atoms with E-state index in [1.54, 1.807) is 6.92 Å². The highest BCUT2D eigenvalue weighted by atomic mass is 35.5. The lowest BCUT2D eigenvalue weighted by Gasteiger charge is -2.31. The Balaban J connectivity index is 0.00000289. The number of fused-ring (bicyclic) bond motifs is 1. The average Bonchev–Trinajstić information content (AvgIpc) is 3.18. The molecule has 2 aromatic heterocycles. The van der Waals surface area contributed by atoms with Crippen molar-refractivity contribution in [3.8, 4) is 0 Å². The third-order valence-corrected chi connectivity index (χ3v) is 6.00. The van der Waals surface area contributed by atoms with Crippen LogP contribution in [0.15, 0.2) is 35.4 Å². The Morgan fingerprint density at radius 2 is 1.88 bits per heavy atom. The average molecular weight is 462 g/mol. The number of benzene rings is 1. The van der Waals surface area contributed by atoms with E-state index in [0.29, 0.717) is 35.4 Å². The molecule has 1 aliphatic rings. The molecule has 3 aromatic rings. The molecule has 1 aliphatic heterocycles. The smallest absolute Gasteiger partial charge is 0.271 e. The molecule has 0 bridgehead atoms. The number of primary amides is 1. The van der Waals surface area contributed by atoms with E-state index in [0.717, 1.165) is 25.9 Å². The number of aromatic amines is 1. The molecule has 3 N–H and O–H groups in total. The molecule has 4 rings (SSSR count). The molecule has 32 heavy (non-hydrogen) atoms. The first-order valence-corrected chi connectivity index (χ1v) is 10.3. The Morgan fingerprint density at radius 1 is 1.22 bits per heavy atom. The van der Waals surface area contributed by atoms with Crippen molar-refractivity contribution in [3.05, 3.63) is 69.3 Å². The zero-order valence-corrected chi connectivity index (χ0v) is 18.5. The molecule has 1 amide bonds. The Hall–Kier alpha value is -3.04. The van der Waals surface area contributed by atoms with Crippen molar-refractivity contribution in [2.24, 2.45) is 11.7 Å². The normalized spacial score (nSPS) is 14.9. The van der Waals surface area contributed by atoms with E-state index in [1.807, 2.05) is 0 Å². The van der Waals surface area contributed by atoms with Crippen molar-refractivity contribution in [1.29, 1.82) is 0 Å². The molecule has 10 heteroatoms. The first-order valence-electron chi connectivity index (χ1n) is 10.3. The minimum Gasteiger partial charge on any atom is -0.364 e. The molecule has 0 spiro atoms. The van der Waals surface area contributed by atoms with E-state index in [1.165, 1.54) is 35.0 Å². The summed E-state index contributed by atoms with van der Waals surface area (Å²) in [5, 5.41) is 0. The lowest BCUT2D eigenvalue weighted by atomic mass is 9.89. The van der Waals surface area contributed by atoms with Crippen molar-refractivity contribution >= 4 is 29.7 Å². The number of aryl methyl sites for hydroxylation is 1. The van der Waals surface area contributed by atoms with Gasteiger partial charge in [0.2, 0.25) is 0 Å². The number of nitrogens with two attached hydrogens (primary N) is 1. The minimum absolute atomic E-state index is 0. The van der Waals surface area contributed by atoms with Gasteiger partial charge in [0, 0.05) is 29.3 Å². The maximum absolute atomic E-state index is 13.1. The highest BCUT2D eigenvalue weighted by molar-refractivity contribution is 5.98. The summed E-state index contributed by atoms with van der Waals surface area (Å²) in [5.41, 5.74) is 7.30.